The van der Waals surface area contributed by atoms with E-state index in [9.17, 15) is 19.2 Å². The zero-order valence-electron chi connectivity index (χ0n) is 34.4. The molecular weight excluding hydrogens is 737 g/mol. The van der Waals surface area contributed by atoms with Gasteiger partial charge in [0.05, 0.1) is 23.3 Å². The van der Waals surface area contributed by atoms with E-state index in [1.165, 1.54) is 11.1 Å². The first-order valence-corrected chi connectivity index (χ1v) is 21.0. The van der Waals surface area contributed by atoms with Crippen LogP contribution in [-0.2, 0) is 9.59 Å². The van der Waals surface area contributed by atoms with Gasteiger partial charge in [0.1, 0.15) is 0 Å². The van der Waals surface area contributed by atoms with E-state index < -0.39 is 0 Å². The van der Waals surface area contributed by atoms with Gasteiger partial charge in [0.25, 0.3) is 11.8 Å². The van der Waals surface area contributed by atoms with Crippen molar-refractivity contribution in [2.24, 2.45) is 5.92 Å². The largest absolute Gasteiger partial charge is 0.339 e. The Morgan fingerprint density at radius 2 is 1.03 bits per heavy atom. The zero-order chi connectivity index (χ0) is 41.9. The summed E-state index contributed by atoms with van der Waals surface area (Å²) in [7, 11) is 0. The van der Waals surface area contributed by atoms with Gasteiger partial charge in [-0.15, -0.1) is 0 Å². The normalized spacial score (nSPS) is 15.7. The highest BCUT2D eigenvalue weighted by Crippen LogP contribution is 2.32. The molecule has 1 saturated carbocycles. The van der Waals surface area contributed by atoms with Crippen LogP contribution in [0.2, 0.25) is 0 Å². The molecule has 0 spiro atoms. The van der Waals surface area contributed by atoms with Crippen molar-refractivity contribution in [2.75, 3.05) is 36.8 Å². The number of likely N-dealkylation sites (tertiary alicyclic amines) is 2. The van der Waals surface area contributed by atoms with Gasteiger partial charge in [0.2, 0.25) is 11.8 Å². The summed E-state index contributed by atoms with van der Waals surface area (Å²) in [5, 5.41) is 23.8. The van der Waals surface area contributed by atoms with Crippen molar-refractivity contribution >= 4 is 35.0 Å². The number of benzene rings is 4. The highest BCUT2D eigenvalue weighted by Gasteiger charge is 2.28. The van der Waals surface area contributed by atoms with E-state index in [0.29, 0.717) is 72.4 Å². The van der Waals surface area contributed by atoms with E-state index in [1.807, 2.05) is 109 Å². The third kappa shape index (κ3) is 10.8. The molecule has 3 fully saturated rings. The summed E-state index contributed by atoms with van der Waals surface area (Å²) in [6.45, 7) is 8.67. The summed E-state index contributed by atoms with van der Waals surface area (Å²) in [4.78, 5) is 54.1. The first-order chi connectivity index (χ1) is 28.6. The number of hydrogen-bond donors (Lipinski definition) is 2. The first-order valence-electron chi connectivity index (χ1n) is 21.0. The van der Waals surface area contributed by atoms with Crippen molar-refractivity contribution in [3.05, 3.63) is 129 Å². The second kappa shape index (κ2) is 19.9. The van der Waals surface area contributed by atoms with Crippen molar-refractivity contribution in [1.29, 1.82) is 10.5 Å². The van der Waals surface area contributed by atoms with Gasteiger partial charge in [-0.25, -0.2) is 0 Å². The number of rotatable bonds is 9. The van der Waals surface area contributed by atoms with E-state index in [1.54, 1.807) is 6.07 Å². The maximum absolute atomic E-state index is 13.1. The van der Waals surface area contributed by atoms with Crippen LogP contribution in [0.15, 0.2) is 84.9 Å². The molecule has 0 aromatic heterocycles. The average molecular weight is 791 g/mol. The van der Waals surface area contributed by atoms with Gasteiger partial charge in [-0.3, -0.25) is 19.2 Å². The van der Waals surface area contributed by atoms with Crippen molar-refractivity contribution in [1.82, 2.24) is 9.80 Å². The lowest BCUT2D eigenvalue weighted by Gasteiger charge is -2.32. The maximum atomic E-state index is 13.1. The maximum Gasteiger partial charge on any atom is 0.253 e. The Morgan fingerprint density at radius 1 is 0.610 bits per heavy atom. The van der Waals surface area contributed by atoms with Crippen LogP contribution in [0.5, 0.6) is 0 Å². The van der Waals surface area contributed by atoms with Crippen LogP contribution >= 0.6 is 0 Å². The Bertz CT molecular complexity index is 2220. The Labute approximate surface area is 348 Å². The number of nitriles is 2. The summed E-state index contributed by atoms with van der Waals surface area (Å²) in [6.07, 6.45) is 7.93. The van der Waals surface area contributed by atoms with Crippen LogP contribution in [0.1, 0.15) is 131 Å². The Balaban J connectivity index is 0.000000199. The van der Waals surface area contributed by atoms with Gasteiger partial charge in [0, 0.05) is 61.0 Å². The number of amides is 4. The van der Waals surface area contributed by atoms with Crippen LogP contribution < -0.4 is 10.6 Å². The third-order valence-corrected chi connectivity index (χ3v) is 12.0. The van der Waals surface area contributed by atoms with E-state index >= 15 is 0 Å². The highest BCUT2D eigenvalue weighted by molar-refractivity contribution is 5.99. The number of nitrogens with zero attached hydrogens (tertiary/aromatic N) is 4. The highest BCUT2D eigenvalue weighted by atomic mass is 16.2. The van der Waals surface area contributed by atoms with Crippen molar-refractivity contribution in [2.45, 2.75) is 90.4 Å². The fourth-order valence-electron chi connectivity index (χ4n) is 7.98. The molecule has 0 radical (unpaired) electrons. The van der Waals surface area contributed by atoms with E-state index in [0.717, 1.165) is 68.2 Å². The van der Waals surface area contributed by atoms with Crippen LogP contribution in [0.3, 0.4) is 0 Å². The van der Waals surface area contributed by atoms with Crippen LogP contribution in [0, 0.1) is 42.4 Å². The topological polar surface area (TPSA) is 146 Å². The molecular formula is C49H54N6O4. The Hall–Kier alpha value is -6.26. The molecule has 59 heavy (non-hydrogen) atoms. The van der Waals surface area contributed by atoms with Gasteiger partial charge >= 0.3 is 0 Å². The molecule has 1 aliphatic carbocycles. The molecule has 10 heteroatoms. The van der Waals surface area contributed by atoms with Crippen molar-refractivity contribution in [3.8, 4) is 12.1 Å². The molecule has 7 rings (SSSR count). The standard InChI is InChI=1S/C25H27N3O2.C24H27N3O2/c1-17-5-8-22(15-23(17)27-24(29)21-3-2-4-21)25(30)28-13-11-20(12-14-28)19-9-6-18(16-26)7-10-19;1-3-4-23(28)26-22-15-21(8-5-17(22)2)24(29)27-13-11-20(12-14-27)19-9-6-18(16-25)7-10-19/h5-10,15,20-21H,2-4,11-14H2,1H3,(H,27,29);5-10,15,20H,3-4,11-14H2,1-2H3,(H,26,28). The van der Waals surface area contributed by atoms with Crippen LogP contribution in [0.25, 0.3) is 0 Å². The zero-order valence-corrected chi connectivity index (χ0v) is 34.4. The SMILES string of the molecule is CCCC(=O)Nc1cc(C(=O)N2CCC(c3ccc(C#N)cc3)CC2)ccc1C.Cc1ccc(C(=O)N2CCC(c3ccc(C#N)cc3)CC2)cc1NC(=O)C1CCC1. The van der Waals surface area contributed by atoms with Crippen LogP contribution in [-0.4, -0.2) is 59.6 Å². The van der Waals surface area contributed by atoms with Gasteiger partial charge in [-0.05, 0) is 141 Å². The molecule has 2 heterocycles. The lowest BCUT2D eigenvalue weighted by atomic mass is 9.84. The summed E-state index contributed by atoms with van der Waals surface area (Å²) < 4.78 is 0. The molecule has 4 amide bonds. The van der Waals surface area contributed by atoms with Crippen molar-refractivity contribution < 1.29 is 19.2 Å². The second-order valence-corrected chi connectivity index (χ2v) is 16.1. The molecule has 304 valence electrons. The van der Waals surface area contributed by atoms with Crippen molar-refractivity contribution in [3.63, 3.8) is 0 Å². The summed E-state index contributed by atoms with van der Waals surface area (Å²) in [6, 6.07) is 30.9. The smallest absolute Gasteiger partial charge is 0.253 e. The quantitative estimate of drug-likeness (QED) is 0.173. The van der Waals surface area contributed by atoms with Gasteiger partial charge in [-0.1, -0.05) is 49.7 Å². The molecule has 4 aromatic rings. The summed E-state index contributed by atoms with van der Waals surface area (Å²) >= 11 is 0. The summed E-state index contributed by atoms with van der Waals surface area (Å²) in [5.41, 5.74) is 8.41. The predicted molar refractivity (Wildman–Crippen MR) is 230 cm³/mol. The number of nitrogens with one attached hydrogen (secondary N) is 2. The Morgan fingerprint density at radius 3 is 1.41 bits per heavy atom. The third-order valence-electron chi connectivity index (χ3n) is 12.0. The molecule has 0 unspecified atom stereocenters. The van der Waals surface area contributed by atoms with E-state index in [2.05, 4.69) is 22.8 Å². The van der Waals surface area contributed by atoms with Gasteiger partial charge in [-0.2, -0.15) is 10.5 Å². The number of carbonyl (C=O) groups is 4. The van der Waals surface area contributed by atoms with Gasteiger partial charge in [0.15, 0.2) is 0 Å². The average Bonchev–Trinajstić information content (AvgIpc) is 3.24. The predicted octanol–water partition coefficient (Wildman–Crippen LogP) is 9.25. The lowest BCUT2D eigenvalue weighted by Crippen LogP contribution is -2.38. The Kier molecular flexibility index (Phi) is 14.3. The lowest BCUT2D eigenvalue weighted by molar-refractivity contribution is -0.122. The minimum atomic E-state index is -0.0246. The molecule has 2 saturated heterocycles. The monoisotopic (exact) mass is 790 g/mol. The fraction of sp³-hybridized carbons (Fsp3) is 0.388. The molecule has 0 bridgehead atoms. The number of carbonyl (C=O) groups excluding carboxylic acids is 4. The molecule has 10 nitrogen and oxygen atoms in total. The van der Waals surface area contributed by atoms with E-state index in [-0.39, 0.29) is 29.5 Å². The molecule has 2 aliphatic heterocycles. The van der Waals surface area contributed by atoms with Crippen LogP contribution in [0.4, 0.5) is 11.4 Å². The molecule has 3 aliphatic rings. The van der Waals surface area contributed by atoms with E-state index in [4.69, 9.17) is 10.5 Å². The minimum absolute atomic E-state index is 0.00858. The number of aryl methyl sites for hydroxylation is 2. The minimum Gasteiger partial charge on any atom is -0.339 e. The van der Waals surface area contributed by atoms with Gasteiger partial charge < -0.3 is 20.4 Å². The fourth-order valence-corrected chi connectivity index (χ4v) is 7.98. The molecule has 0 atom stereocenters. The summed E-state index contributed by atoms with van der Waals surface area (Å²) in [5.74, 6) is 1.01. The number of hydrogen-bond acceptors (Lipinski definition) is 6. The second-order valence-electron chi connectivity index (χ2n) is 16.1. The molecule has 4 aromatic carbocycles. The number of anilines is 2. The first kappa shape index (κ1) is 42.3. The number of piperidine rings is 2. The molecule has 2 N–H and O–H groups in total.